The summed E-state index contributed by atoms with van der Waals surface area (Å²) in [6.45, 7) is 5.57. The van der Waals surface area contributed by atoms with Crippen molar-refractivity contribution in [2.75, 3.05) is 13.1 Å². The van der Waals surface area contributed by atoms with E-state index in [2.05, 4.69) is 0 Å². The number of carbonyl (C=O) groups excluding carboxylic acids is 3. The van der Waals surface area contributed by atoms with Gasteiger partial charge < -0.3 is 4.74 Å². The topological polar surface area (TPSA) is 63.7 Å². The molecule has 0 radical (unpaired) electrons. The highest BCUT2D eigenvalue weighted by Crippen LogP contribution is 2.19. The molecule has 0 aromatic carbocycles. The average molecular weight is 237 g/mol. The summed E-state index contributed by atoms with van der Waals surface area (Å²) in [6.07, 6.45) is -0.301. The normalized spacial score (nSPS) is 16.3. The predicted molar refractivity (Wildman–Crippen MR) is 60.8 cm³/mol. The van der Waals surface area contributed by atoms with Gasteiger partial charge in [0.2, 0.25) is 0 Å². The lowest BCUT2D eigenvalue weighted by atomic mass is 10.0. The molecule has 0 saturated carbocycles. The van der Waals surface area contributed by atoms with Crippen molar-refractivity contribution in [3.63, 3.8) is 0 Å². The Labute approximate surface area is 99.7 Å². The lowest BCUT2D eigenvalue weighted by Crippen LogP contribution is -2.41. The van der Waals surface area contributed by atoms with Gasteiger partial charge in [-0.05, 0) is 20.8 Å². The summed E-state index contributed by atoms with van der Waals surface area (Å²) in [5.41, 5.74) is 0.117. The predicted octanol–water partition coefficient (Wildman–Crippen LogP) is 1.14. The third kappa shape index (κ3) is 3.91. The Morgan fingerprint density at radius 1 is 1.18 bits per heavy atom. The van der Waals surface area contributed by atoms with E-state index < -0.39 is 11.7 Å². The fourth-order valence-corrected chi connectivity index (χ4v) is 1.48. The maximum Gasteiger partial charge on any atom is 0.410 e. The number of rotatable bonds is 0. The lowest BCUT2D eigenvalue weighted by Gasteiger charge is -2.30. The molecule has 1 aliphatic heterocycles. The molecule has 0 aliphatic carbocycles. The van der Waals surface area contributed by atoms with E-state index in [9.17, 15) is 14.4 Å². The molecule has 0 aromatic rings. The summed E-state index contributed by atoms with van der Waals surface area (Å²) < 4.78 is 5.16. The molecule has 0 unspecified atom stereocenters. The Morgan fingerprint density at radius 2 is 1.65 bits per heavy atom. The van der Waals surface area contributed by atoms with Gasteiger partial charge in [0.25, 0.3) is 0 Å². The number of carbonyl (C=O) groups is 1. The minimum absolute atomic E-state index is 0.156. The SMILES string of the molecule is CC(C)(C)OC(=O)N1CC(=C=O)CC(=C=O)C1. The number of ether oxygens (including phenoxy) is 1. The van der Waals surface area contributed by atoms with E-state index in [1.807, 2.05) is 0 Å². The highest BCUT2D eigenvalue weighted by Gasteiger charge is 2.27. The van der Waals surface area contributed by atoms with Gasteiger partial charge in [0.05, 0.1) is 13.1 Å². The maximum absolute atomic E-state index is 11.8. The van der Waals surface area contributed by atoms with Crippen LogP contribution in [0.2, 0.25) is 0 Å². The highest BCUT2D eigenvalue weighted by atomic mass is 16.6. The molecule has 0 aromatic heterocycles. The van der Waals surface area contributed by atoms with Gasteiger partial charge in [-0.2, -0.15) is 0 Å². The van der Waals surface area contributed by atoms with Crippen molar-refractivity contribution in [2.45, 2.75) is 32.8 Å². The van der Waals surface area contributed by atoms with Crippen molar-refractivity contribution in [1.82, 2.24) is 4.90 Å². The van der Waals surface area contributed by atoms with Crippen LogP contribution in [0, 0.1) is 0 Å². The molecule has 92 valence electrons. The summed E-state index contributed by atoms with van der Waals surface area (Å²) in [5.74, 6) is 3.47. The number of hydrogen-bond acceptors (Lipinski definition) is 4. The lowest BCUT2D eigenvalue weighted by molar-refractivity contribution is 0.0273. The molecule has 0 bridgehead atoms. The van der Waals surface area contributed by atoms with Gasteiger partial charge in [-0.1, -0.05) is 0 Å². The zero-order valence-electron chi connectivity index (χ0n) is 10.2. The molecule has 1 amide bonds. The van der Waals surface area contributed by atoms with Crippen LogP contribution in [0.3, 0.4) is 0 Å². The standard InChI is InChI=1S/C12H15NO4/c1-12(2,3)17-11(16)13-5-9(7-14)4-10(6-13)8-15/h4-6H2,1-3H3. The van der Waals surface area contributed by atoms with Gasteiger partial charge in [0.15, 0.2) is 0 Å². The fourth-order valence-electron chi connectivity index (χ4n) is 1.48. The minimum Gasteiger partial charge on any atom is -0.444 e. The Bertz CT molecular complexity index is 394. The zero-order chi connectivity index (χ0) is 13.1. The Morgan fingerprint density at radius 3 is 2.00 bits per heavy atom. The number of amides is 1. The second kappa shape index (κ2) is 5.00. The molecule has 1 saturated heterocycles. The smallest absolute Gasteiger partial charge is 0.410 e. The maximum atomic E-state index is 11.8. The summed E-state index contributed by atoms with van der Waals surface area (Å²) >= 11 is 0. The Hall–Kier alpha value is -1.83. The fraction of sp³-hybridized carbons (Fsp3) is 0.583. The van der Waals surface area contributed by atoms with Gasteiger partial charge >= 0.3 is 6.09 Å². The van der Waals surface area contributed by atoms with Crippen LogP contribution >= 0.6 is 0 Å². The van der Waals surface area contributed by atoms with Crippen LogP contribution in [0.1, 0.15) is 27.2 Å². The quantitative estimate of drug-likeness (QED) is 0.593. The third-order valence-corrected chi connectivity index (χ3v) is 2.13. The van der Waals surface area contributed by atoms with Crippen LogP contribution < -0.4 is 0 Å². The van der Waals surface area contributed by atoms with Gasteiger partial charge in [-0.25, -0.2) is 14.4 Å². The first-order valence-corrected chi connectivity index (χ1v) is 5.29. The van der Waals surface area contributed by atoms with E-state index in [0.717, 1.165) is 0 Å². The van der Waals surface area contributed by atoms with Crippen molar-refractivity contribution in [2.24, 2.45) is 0 Å². The second-order valence-electron chi connectivity index (χ2n) is 4.92. The molecule has 1 fully saturated rings. The molecule has 1 heterocycles. The highest BCUT2D eigenvalue weighted by molar-refractivity contribution is 5.72. The van der Waals surface area contributed by atoms with Crippen molar-refractivity contribution >= 4 is 18.0 Å². The molecular weight excluding hydrogens is 222 g/mol. The first kappa shape index (κ1) is 13.2. The van der Waals surface area contributed by atoms with Crippen LogP contribution in [0.4, 0.5) is 4.79 Å². The monoisotopic (exact) mass is 237 g/mol. The summed E-state index contributed by atoms with van der Waals surface area (Å²) in [5, 5.41) is 0. The molecular formula is C12H15NO4. The number of likely N-dealkylation sites (tertiary alicyclic amines) is 1. The van der Waals surface area contributed by atoms with Crippen LogP contribution in [-0.2, 0) is 14.3 Å². The van der Waals surface area contributed by atoms with Crippen molar-refractivity contribution < 1.29 is 19.1 Å². The van der Waals surface area contributed by atoms with E-state index in [0.29, 0.717) is 11.1 Å². The van der Waals surface area contributed by atoms with Crippen LogP contribution in [0.5, 0.6) is 0 Å². The van der Waals surface area contributed by atoms with E-state index in [1.54, 1.807) is 32.7 Å². The van der Waals surface area contributed by atoms with Crippen LogP contribution in [0.25, 0.3) is 0 Å². The van der Waals surface area contributed by atoms with E-state index in [1.165, 1.54) is 4.90 Å². The average Bonchev–Trinajstić information content (AvgIpc) is 2.26. The first-order valence-electron chi connectivity index (χ1n) is 5.29. The number of hydrogen-bond donors (Lipinski definition) is 0. The Kier molecular flexibility index (Phi) is 3.89. The van der Waals surface area contributed by atoms with Gasteiger partial charge in [0.1, 0.15) is 17.5 Å². The van der Waals surface area contributed by atoms with Gasteiger partial charge in [0, 0.05) is 17.6 Å². The van der Waals surface area contributed by atoms with E-state index in [-0.39, 0.29) is 19.5 Å². The third-order valence-electron chi connectivity index (χ3n) is 2.13. The van der Waals surface area contributed by atoms with Crippen molar-refractivity contribution in [1.29, 1.82) is 0 Å². The van der Waals surface area contributed by atoms with Crippen molar-refractivity contribution in [3.05, 3.63) is 11.1 Å². The minimum atomic E-state index is -0.607. The number of nitrogens with zero attached hydrogens (tertiary/aromatic N) is 1. The van der Waals surface area contributed by atoms with Gasteiger partial charge in [-0.3, -0.25) is 4.90 Å². The molecule has 0 atom stereocenters. The van der Waals surface area contributed by atoms with Crippen LogP contribution in [-0.4, -0.2) is 41.6 Å². The van der Waals surface area contributed by atoms with Crippen molar-refractivity contribution in [3.8, 4) is 0 Å². The molecule has 1 rings (SSSR count). The molecule has 0 spiro atoms. The molecule has 17 heavy (non-hydrogen) atoms. The van der Waals surface area contributed by atoms with Gasteiger partial charge in [-0.15, -0.1) is 0 Å². The molecule has 1 aliphatic rings. The molecule has 5 heteroatoms. The number of piperidine rings is 1. The largest absolute Gasteiger partial charge is 0.444 e. The zero-order valence-corrected chi connectivity index (χ0v) is 10.2. The molecule has 0 N–H and O–H groups in total. The van der Waals surface area contributed by atoms with E-state index in [4.69, 9.17) is 4.74 Å². The van der Waals surface area contributed by atoms with E-state index >= 15 is 0 Å². The first-order chi connectivity index (χ1) is 7.85. The molecule has 5 nitrogen and oxygen atoms in total. The second-order valence-corrected chi connectivity index (χ2v) is 4.92. The summed E-state index contributed by atoms with van der Waals surface area (Å²) in [4.78, 5) is 34.2. The Balaban J connectivity index is 2.80. The summed E-state index contributed by atoms with van der Waals surface area (Å²) in [7, 11) is 0. The van der Waals surface area contributed by atoms with Crippen LogP contribution in [0.15, 0.2) is 11.1 Å². The summed E-state index contributed by atoms with van der Waals surface area (Å²) in [6, 6.07) is 0.